The first-order valence-electron chi connectivity index (χ1n) is 5.15. The highest BCUT2D eigenvalue weighted by Crippen LogP contribution is 2.13. The summed E-state index contributed by atoms with van der Waals surface area (Å²) in [7, 11) is 1.30. The third-order valence-corrected chi connectivity index (χ3v) is 2.64. The third-order valence-electron chi connectivity index (χ3n) is 2.64. The number of ether oxygens (including phenoxy) is 1. The minimum absolute atomic E-state index is 0.216. The molecule has 7 heteroatoms. The van der Waals surface area contributed by atoms with E-state index in [0.717, 1.165) is 0 Å². The van der Waals surface area contributed by atoms with Gasteiger partial charge in [-0.1, -0.05) is 0 Å². The minimum atomic E-state index is -0.462. The quantitative estimate of drug-likeness (QED) is 0.624. The van der Waals surface area contributed by atoms with E-state index >= 15 is 0 Å². The predicted molar refractivity (Wildman–Crippen MR) is 62.5 cm³/mol. The molecule has 0 aliphatic rings. The van der Waals surface area contributed by atoms with Crippen LogP contribution in [0.1, 0.15) is 10.4 Å². The van der Waals surface area contributed by atoms with Crippen molar-refractivity contribution in [1.29, 1.82) is 0 Å². The van der Waals surface area contributed by atoms with E-state index in [1.54, 1.807) is 18.2 Å². The third kappa shape index (κ3) is 1.37. The van der Waals surface area contributed by atoms with Gasteiger partial charge < -0.3 is 9.72 Å². The number of hydrogen-bond donors (Lipinski definition) is 1. The summed E-state index contributed by atoms with van der Waals surface area (Å²) in [5, 5.41) is 3.97. The molecule has 2 heterocycles. The van der Waals surface area contributed by atoms with Crippen LogP contribution in [0.3, 0.4) is 0 Å². The van der Waals surface area contributed by atoms with E-state index in [1.165, 1.54) is 18.0 Å². The zero-order valence-corrected chi connectivity index (χ0v) is 9.38. The maximum absolute atomic E-state index is 11.7. The molecule has 0 saturated carbocycles. The molecule has 3 aromatic rings. The average molecular weight is 244 g/mol. The van der Waals surface area contributed by atoms with E-state index in [0.29, 0.717) is 16.6 Å². The Kier molecular flexibility index (Phi) is 2.12. The molecule has 0 fully saturated rings. The molecule has 0 bridgehead atoms. The summed E-state index contributed by atoms with van der Waals surface area (Å²) in [6.45, 7) is 0. The molecule has 2 aromatic heterocycles. The summed E-state index contributed by atoms with van der Waals surface area (Å²) in [6, 6.07) is 4.83. The molecule has 0 saturated heterocycles. The monoisotopic (exact) mass is 244 g/mol. The molecule has 3 rings (SSSR count). The molecule has 1 N–H and O–H groups in total. The number of carbonyl (C=O) groups excluding carboxylic acids is 1. The van der Waals surface area contributed by atoms with Crippen LogP contribution in [0.5, 0.6) is 0 Å². The Morgan fingerprint density at radius 1 is 1.44 bits per heavy atom. The highest BCUT2D eigenvalue weighted by Gasteiger charge is 2.10. The summed E-state index contributed by atoms with van der Waals surface area (Å²) in [5.74, 6) is -0.462. The highest BCUT2D eigenvalue weighted by molar-refractivity contribution is 5.93. The van der Waals surface area contributed by atoms with Crippen molar-refractivity contribution < 1.29 is 9.53 Å². The molecule has 90 valence electrons. The lowest BCUT2D eigenvalue weighted by atomic mass is 10.2. The normalized spacial score (nSPS) is 10.9. The number of aromatic amines is 1. The van der Waals surface area contributed by atoms with Gasteiger partial charge in [0.1, 0.15) is 6.33 Å². The van der Waals surface area contributed by atoms with Crippen LogP contribution < -0.4 is 5.56 Å². The Balaban J connectivity index is 2.39. The van der Waals surface area contributed by atoms with Gasteiger partial charge in [0.2, 0.25) is 5.65 Å². The molecule has 7 nitrogen and oxygen atoms in total. The zero-order chi connectivity index (χ0) is 12.7. The van der Waals surface area contributed by atoms with Crippen LogP contribution in [0.2, 0.25) is 0 Å². The summed E-state index contributed by atoms with van der Waals surface area (Å²) < 4.78 is 6.05. The number of nitrogens with one attached hydrogen (secondary N) is 1. The minimum Gasteiger partial charge on any atom is -0.465 e. The number of hydrogen-bond acceptors (Lipinski definition) is 5. The van der Waals surface area contributed by atoms with Crippen molar-refractivity contribution in [3.05, 3.63) is 40.4 Å². The molecule has 18 heavy (non-hydrogen) atoms. The van der Waals surface area contributed by atoms with Gasteiger partial charge in [-0.15, -0.1) is 0 Å². The van der Waals surface area contributed by atoms with Crippen molar-refractivity contribution >= 4 is 22.6 Å². The summed E-state index contributed by atoms with van der Waals surface area (Å²) in [5.41, 5.74) is 1.38. The SMILES string of the molecule is COC(=O)c1ccc2c(c1)[nH]c(=O)c1ncnn12. The van der Waals surface area contributed by atoms with Gasteiger partial charge in [0.15, 0.2) is 0 Å². The first-order chi connectivity index (χ1) is 8.70. The van der Waals surface area contributed by atoms with Crippen LogP contribution in [0, 0.1) is 0 Å². The lowest BCUT2D eigenvalue weighted by Crippen LogP contribution is -2.12. The highest BCUT2D eigenvalue weighted by atomic mass is 16.5. The molecule has 0 spiro atoms. The fourth-order valence-corrected chi connectivity index (χ4v) is 1.82. The standard InChI is InChI=1S/C11H8N4O3/c1-18-11(17)6-2-3-8-7(4-6)14-10(16)9-12-5-13-15(8)9/h2-5H,1H3,(H,14,16). The lowest BCUT2D eigenvalue weighted by Gasteiger charge is -2.03. The molecule has 0 aliphatic carbocycles. The van der Waals surface area contributed by atoms with Crippen molar-refractivity contribution in [1.82, 2.24) is 19.6 Å². The number of H-pyrrole nitrogens is 1. The second-order valence-corrected chi connectivity index (χ2v) is 3.67. The summed E-state index contributed by atoms with van der Waals surface area (Å²) >= 11 is 0. The molecule has 0 amide bonds. The second kappa shape index (κ2) is 3.66. The van der Waals surface area contributed by atoms with E-state index in [9.17, 15) is 9.59 Å². The summed E-state index contributed by atoms with van der Waals surface area (Å²) in [4.78, 5) is 29.6. The van der Waals surface area contributed by atoms with Crippen LogP contribution in [-0.4, -0.2) is 32.7 Å². The second-order valence-electron chi connectivity index (χ2n) is 3.67. The molecular formula is C11H8N4O3. The molecule has 0 aliphatic heterocycles. The van der Waals surface area contributed by atoms with Crippen LogP contribution in [0.25, 0.3) is 16.7 Å². The molecular weight excluding hydrogens is 236 g/mol. The van der Waals surface area contributed by atoms with Gasteiger partial charge in [-0.3, -0.25) is 4.79 Å². The average Bonchev–Trinajstić information content (AvgIpc) is 2.87. The first-order valence-corrected chi connectivity index (χ1v) is 5.15. The summed E-state index contributed by atoms with van der Waals surface area (Å²) in [6.07, 6.45) is 1.30. The van der Waals surface area contributed by atoms with Crippen LogP contribution in [-0.2, 0) is 4.74 Å². The van der Waals surface area contributed by atoms with E-state index in [-0.39, 0.29) is 11.2 Å². The number of benzene rings is 1. The zero-order valence-electron chi connectivity index (χ0n) is 9.38. The number of carbonyl (C=O) groups is 1. The van der Waals surface area contributed by atoms with Gasteiger partial charge in [0.25, 0.3) is 5.56 Å². The number of nitrogens with zero attached hydrogens (tertiary/aromatic N) is 3. The first kappa shape index (κ1) is 10.5. The Morgan fingerprint density at radius 3 is 3.06 bits per heavy atom. The fraction of sp³-hybridized carbons (Fsp3) is 0.0909. The largest absolute Gasteiger partial charge is 0.465 e. The smallest absolute Gasteiger partial charge is 0.337 e. The topological polar surface area (TPSA) is 89.4 Å². The van der Waals surface area contributed by atoms with E-state index in [2.05, 4.69) is 19.8 Å². The van der Waals surface area contributed by atoms with Crippen LogP contribution in [0.4, 0.5) is 0 Å². The van der Waals surface area contributed by atoms with Crippen LogP contribution in [0.15, 0.2) is 29.3 Å². The maximum Gasteiger partial charge on any atom is 0.337 e. The van der Waals surface area contributed by atoms with Crippen LogP contribution >= 0.6 is 0 Å². The molecule has 0 atom stereocenters. The van der Waals surface area contributed by atoms with E-state index < -0.39 is 5.97 Å². The maximum atomic E-state index is 11.7. The Morgan fingerprint density at radius 2 is 2.28 bits per heavy atom. The number of esters is 1. The van der Waals surface area contributed by atoms with Crippen molar-refractivity contribution in [2.45, 2.75) is 0 Å². The Hall–Kier alpha value is -2.70. The number of fused-ring (bicyclic) bond motifs is 3. The lowest BCUT2D eigenvalue weighted by molar-refractivity contribution is 0.0601. The predicted octanol–water partition coefficient (Wildman–Crippen LogP) is 0.357. The molecule has 0 unspecified atom stereocenters. The molecule has 1 aromatic carbocycles. The Bertz CT molecular complexity index is 818. The van der Waals surface area contributed by atoms with Gasteiger partial charge >= 0.3 is 5.97 Å². The number of aromatic nitrogens is 4. The van der Waals surface area contributed by atoms with E-state index in [1.807, 2.05) is 0 Å². The fourth-order valence-electron chi connectivity index (χ4n) is 1.82. The van der Waals surface area contributed by atoms with Crippen molar-refractivity contribution in [2.75, 3.05) is 7.11 Å². The van der Waals surface area contributed by atoms with Gasteiger partial charge in [0.05, 0.1) is 23.7 Å². The van der Waals surface area contributed by atoms with E-state index in [4.69, 9.17) is 0 Å². The van der Waals surface area contributed by atoms with Crippen molar-refractivity contribution in [3.63, 3.8) is 0 Å². The van der Waals surface area contributed by atoms with Gasteiger partial charge in [-0.25, -0.2) is 14.3 Å². The molecule has 0 radical (unpaired) electrons. The van der Waals surface area contributed by atoms with Crippen molar-refractivity contribution in [2.24, 2.45) is 0 Å². The van der Waals surface area contributed by atoms with Gasteiger partial charge in [-0.05, 0) is 18.2 Å². The van der Waals surface area contributed by atoms with Gasteiger partial charge in [0, 0.05) is 0 Å². The Labute approximate surface area is 100 Å². The van der Waals surface area contributed by atoms with Gasteiger partial charge in [-0.2, -0.15) is 5.10 Å². The number of rotatable bonds is 1. The van der Waals surface area contributed by atoms with Crippen molar-refractivity contribution in [3.8, 4) is 0 Å². The number of methoxy groups -OCH3 is 1.